The third-order valence-corrected chi connectivity index (χ3v) is 3.38. The van der Waals surface area contributed by atoms with Crippen LogP contribution in [0.1, 0.15) is 19.8 Å². The van der Waals surface area contributed by atoms with Crippen LogP contribution in [-0.4, -0.2) is 16.4 Å². The molecule has 0 heterocycles. The molecular formula is C10H16O3P+. The minimum atomic E-state index is -3.32. The summed E-state index contributed by atoms with van der Waals surface area (Å²) in [5.41, 5.74) is 0. The van der Waals surface area contributed by atoms with Crippen molar-refractivity contribution in [1.82, 2.24) is 0 Å². The number of unbranched alkanes of at least 4 members (excludes halogenated alkanes) is 1. The lowest BCUT2D eigenvalue weighted by molar-refractivity contribution is 0.236. The SMILES string of the molecule is CCCCO[P+](O)(O)c1ccccc1. The van der Waals surface area contributed by atoms with Gasteiger partial charge in [-0.15, -0.1) is 0 Å². The maximum atomic E-state index is 9.66. The highest BCUT2D eigenvalue weighted by molar-refractivity contribution is 7.67. The maximum Gasteiger partial charge on any atom is 0.443 e. The topological polar surface area (TPSA) is 49.7 Å². The first-order valence-electron chi connectivity index (χ1n) is 4.71. The van der Waals surface area contributed by atoms with Crippen molar-refractivity contribution in [3.05, 3.63) is 30.3 Å². The van der Waals surface area contributed by atoms with Gasteiger partial charge < -0.3 is 0 Å². The van der Waals surface area contributed by atoms with Crippen LogP contribution in [0.4, 0.5) is 0 Å². The van der Waals surface area contributed by atoms with Crippen LogP contribution in [0, 0.1) is 0 Å². The monoisotopic (exact) mass is 215 g/mol. The molecule has 0 spiro atoms. The highest BCUT2D eigenvalue weighted by Crippen LogP contribution is 2.49. The lowest BCUT2D eigenvalue weighted by Crippen LogP contribution is -2.13. The second-order valence-corrected chi connectivity index (χ2v) is 4.93. The molecule has 0 amide bonds. The molecule has 3 nitrogen and oxygen atoms in total. The molecule has 1 rings (SSSR count). The van der Waals surface area contributed by atoms with Crippen LogP contribution in [0.25, 0.3) is 0 Å². The summed E-state index contributed by atoms with van der Waals surface area (Å²) in [6.07, 6.45) is 1.82. The standard InChI is InChI=1S/C10H16O3P/c1-2-3-9-13-14(11,12)10-7-5-4-6-8-10/h4-8,11-12H,2-3,9H2,1H3/q+1. The highest BCUT2D eigenvalue weighted by atomic mass is 31.2. The van der Waals surface area contributed by atoms with E-state index in [1.807, 2.05) is 13.0 Å². The van der Waals surface area contributed by atoms with Crippen LogP contribution in [0.15, 0.2) is 30.3 Å². The van der Waals surface area contributed by atoms with Gasteiger partial charge in [0.15, 0.2) is 5.30 Å². The fraction of sp³-hybridized carbons (Fsp3) is 0.400. The number of hydrogen-bond donors (Lipinski definition) is 2. The molecule has 4 heteroatoms. The molecule has 0 bridgehead atoms. The molecule has 0 fully saturated rings. The molecular weight excluding hydrogens is 199 g/mol. The third kappa shape index (κ3) is 3.35. The Kier molecular flexibility index (Phi) is 4.49. The average molecular weight is 215 g/mol. The van der Waals surface area contributed by atoms with Crippen molar-refractivity contribution < 1.29 is 14.3 Å². The zero-order valence-electron chi connectivity index (χ0n) is 8.26. The van der Waals surface area contributed by atoms with Crippen molar-refractivity contribution in [2.45, 2.75) is 19.8 Å². The number of rotatable bonds is 5. The first-order chi connectivity index (χ1) is 6.67. The van der Waals surface area contributed by atoms with Crippen molar-refractivity contribution in [2.75, 3.05) is 6.61 Å². The smallest absolute Gasteiger partial charge is 0.188 e. The van der Waals surface area contributed by atoms with Crippen molar-refractivity contribution in [1.29, 1.82) is 0 Å². The summed E-state index contributed by atoms with van der Waals surface area (Å²) in [4.78, 5) is 19.3. The Balaban J connectivity index is 2.56. The van der Waals surface area contributed by atoms with Gasteiger partial charge in [0.1, 0.15) is 0 Å². The fourth-order valence-electron chi connectivity index (χ4n) is 1.03. The Bertz CT molecular complexity index is 261. The summed E-state index contributed by atoms with van der Waals surface area (Å²) >= 11 is 0. The van der Waals surface area contributed by atoms with E-state index in [2.05, 4.69) is 0 Å². The van der Waals surface area contributed by atoms with Crippen LogP contribution in [0.3, 0.4) is 0 Å². The molecule has 2 N–H and O–H groups in total. The van der Waals surface area contributed by atoms with E-state index >= 15 is 0 Å². The van der Waals surface area contributed by atoms with Gasteiger partial charge >= 0.3 is 7.94 Å². The maximum absolute atomic E-state index is 9.66. The number of benzene rings is 1. The molecule has 0 aliphatic rings. The summed E-state index contributed by atoms with van der Waals surface area (Å²) in [5, 5.41) is 0.469. The van der Waals surface area contributed by atoms with Crippen molar-refractivity contribution in [3.63, 3.8) is 0 Å². The zero-order valence-corrected chi connectivity index (χ0v) is 9.15. The van der Waals surface area contributed by atoms with E-state index in [-0.39, 0.29) is 0 Å². The molecule has 0 aliphatic heterocycles. The van der Waals surface area contributed by atoms with Gasteiger partial charge in [0.25, 0.3) is 0 Å². The van der Waals surface area contributed by atoms with Gasteiger partial charge in [-0.05, 0) is 18.6 Å². The van der Waals surface area contributed by atoms with E-state index < -0.39 is 7.94 Å². The second-order valence-electron chi connectivity index (χ2n) is 3.07. The molecule has 1 aromatic carbocycles. The quantitative estimate of drug-likeness (QED) is 0.582. The Hall–Kier alpha value is -0.470. The second kappa shape index (κ2) is 5.42. The summed E-state index contributed by atoms with van der Waals surface area (Å²) in [6.45, 7) is 2.42. The van der Waals surface area contributed by atoms with Gasteiger partial charge in [-0.25, -0.2) is 0 Å². The van der Waals surface area contributed by atoms with Crippen molar-refractivity contribution in [2.24, 2.45) is 0 Å². The third-order valence-electron chi connectivity index (χ3n) is 1.86. The fourth-order valence-corrected chi connectivity index (χ4v) is 2.13. The zero-order chi connectivity index (χ0) is 10.4. The van der Waals surface area contributed by atoms with E-state index in [4.69, 9.17) is 4.52 Å². The Morgan fingerprint density at radius 1 is 1.21 bits per heavy atom. The van der Waals surface area contributed by atoms with Crippen LogP contribution in [0.5, 0.6) is 0 Å². The van der Waals surface area contributed by atoms with Crippen LogP contribution in [-0.2, 0) is 4.52 Å². The molecule has 0 saturated carbocycles. The summed E-state index contributed by atoms with van der Waals surface area (Å²) in [6, 6.07) is 8.69. The molecule has 0 aromatic heterocycles. The molecule has 0 radical (unpaired) electrons. The first-order valence-corrected chi connectivity index (χ1v) is 6.33. The molecule has 0 unspecified atom stereocenters. The molecule has 0 atom stereocenters. The van der Waals surface area contributed by atoms with E-state index in [0.717, 1.165) is 12.8 Å². The summed E-state index contributed by atoms with van der Waals surface area (Å²) in [5.74, 6) is 0. The highest BCUT2D eigenvalue weighted by Gasteiger charge is 2.38. The lowest BCUT2D eigenvalue weighted by atomic mass is 10.4. The Morgan fingerprint density at radius 2 is 1.86 bits per heavy atom. The van der Waals surface area contributed by atoms with Gasteiger partial charge in [-0.2, -0.15) is 14.3 Å². The van der Waals surface area contributed by atoms with Gasteiger partial charge in [0, 0.05) is 0 Å². The summed E-state index contributed by atoms with van der Waals surface area (Å²) < 4.78 is 5.08. The van der Waals surface area contributed by atoms with Gasteiger partial charge in [-0.3, -0.25) is 0 Å². The largest absolute Gasteiger partial charge is 0.443 e. The Labute approximate surface area is 84.9 Å². The number of hydrogen-bond acceptors (Lipinski definition) is 3. The molecule has 78 valence electrons. The van der Waals surface area contributed by atoms with Gasteiger partial charge in [-0.1, -0.05) is 31.5 Å². The molecule has 0 saturated heterocycles. The minimum absolute atomic E-state index is 0.395. The van der Waals surface area contributed by atoms with Gasteiger partial charge in [0.2, 0.25) is 0 Å². The van der Waals surface area contributed by atoms with Crippen LogP contribution >= 0.6 is 7.94 Å². The Morgan fingerprint density at radius 3 is 2.43 bits per heavy atom. The summed E-state index contributed by atoms with van der Waals surface area (Å²) in [7, 11) is -3.32. The normalized spacial score (nSPS) is 11.6. The van der Waals surface area contributed by atoms with Gasteiger partial charge in [0.05, 0.1) is 6.61 Å². The lowest BCUT2D eigenvalue weighted by Gasteiger charge is -2.09. The first kappa shape index (κ1) is 11.6. The van der Waals surface area contributed by atoms with E-state index in [0.29, 0.717) is 11.9 Å². The molecule has 14 heavy (non-hydrogen) atoms. The van der Waals surface area contributed by atoms with Crippen molar-refractivity contribution >= 4 is 13.2 Å². The minimum Gasteiger partial charge on any atom is -0.188 e. The predicted molar refractivity (Wildman–Crippen MR) is 58.3 cm³/mol. The van der Waals surface area contributed by atoms with Crippen LogP contribution in [0.2, 0.25) is 0 Å². The van der Waals surface area contributed by atoms with Crippen LogP contribution < -0.4 is 5.30 Å². The molecule has 0 aliphatic carbocycles. The van der Waals surface area contributed by atoms with E-state index in [9.17, 15) is 9.79 Å². The van der Waals surface area contributed by atoms with E-state index in [1.54, 1.807) is 24.3 Å². The predicted octanol–water partition coefficient (Wildman–Crippen LogP) is 1.88. The molecule has 1 aromatic rings. The average Bonchev–Trinajstić information content (AvgIpc) is 2.19. The van der Waals surface area contributed by atoms with Crippen molar-refractivity contribution in [3.8, 4) is 0 Å². The van der Waals surface area contributed by atoms with E-state index in [1.165, 1.54) is 0 Å².